The van der Waals surface area contributed by atoms with E-state index < -0.39 is 0 Å². The second-order valence-corrected chi connectivity index (χ2v) is 8.37. The van der Waals surface area contributed by atoms with Gasteiger partial charge in [0.15, 0.2) is 5.82 Å². The minimum Gasteiger partial charge on any atom is -0.327 e. The zero-order valence-electron chi connectivity index (χ0n) is 15.0. The largest absolute Gasteiger partial charge is 0.327 e. The number of aromatic nitrogens is 2. The Balaban J connectivity index is 1.57. The van der Waals surface area contributed by atoms with Crippen LogP contribution in [0.25, 0.3) is 10.2 Å². The molecule has 4 nitrogen and oxygen atoms in total. The number of nitrogens with one attached hydrogen (secondary N) is 2. The average Bonchev–Trinajstić information content (AvgIpc) is 3.10. The molecule has 5 heteroatoms. The molecule has 2 heterocycles. The fourth-order valence-corrected chi connectivity index (χ4v) is 5.13. The van der Waals surface area contributed by atoms with E-state index in [1.807, 2.05) is 0 Å². The summed E-state index contributed by atoms with van der Waals surface area (Å²) in [5.41, 5.74) is 5.25. The molecule has 0 aliphatic heterocycles. The molecule has 2 aromatic heterocycles. The van der Waals surface area contributed by atoms with Crippen molar-refractivity contribution in [1.29, 1.82) is 0 Å². The van der Waals surface area contributed by atoms with E-state index in [1.165, 1.54) is 38.5 Å². The number of H-pyrrole nitrogens is 1. The quantitative estimate of drug-likeness (QED) is 0.755. The van der Waals surface area contributed by atoms with Crippen LogP contribution in [0.5, 0.6) is 0 Å². The van der Waals surface area contributed by atoms with E-state index in [4.69, 9.17) is 4.98 Å². The van der Waals surface area contributed by atoms with Gasteiger partial charge < -0.3 is 9.88 Å². The highest BCUT2D eigenvalue weighted by atomic mass is 32.1. The van der Waals surface area contributed by atoms with Crippen molar-refractivity contribution in [2.24, 2.45) is 0 Å². The molecule has 1 aromatic carbocycles. The molecule has 1 aliphatic rings. The molecule has 0 fully saturated rings. The summed E-state index contributed by atoms with van der Waals surface area (Å²) in [4.78, 5) is 23.9. The topological polar surface area (TPSA) is 50.2 Å². The highest BCUT2D eigenvalue weighted by molar-refractivity contribution is 7.18. The van der Waals surface area contributed by atoms with Crippen molar-refractivity contribution in [3.63, 3.8) is 0 Å². The second-order valence-electron chi connectivity index (χ2n) is 7.29. The van der Waals surface area contributed by atoms with Crippen LogP contribution in [-0.4, -0.2) is 17.0 Å². The minimum atomic E-state index is 0.0405. The molecule has 0 amide bonds. The van der Waals surface area contributed by atoms with Gasteiger partial charge in [-0.1, -0.05) is 23.8 Å². The number of nitrogens with zero attached hydrogens (tertiary/aromatic N) is 1. The molecule has 3 aromatic rings. The van der Waals surface area contributed by atoms with E-state index in [2.05, 4.69) is 44.1 Å². The number of fused-ring (bicyclic) bond motifs is 3. The van der Waals surface area contributed by atoms with Gasteiger partial charge in [-0.25, -0.2) is 4.98 Å². The van der Waals surface area contributed by atoms with Gasteiger partial charge in [-0.15, -0.1) is 11.3 Å². The van der Waals surface area contributed by atoms with E-state index in [0.717, 1.165) is 42.0 Å². The smallest absolute Gasteiger partial charge is 0.260 e. The number of hydrogen-bond donors (Lipinski definition) is 2. The Morgan fingerprint density at radius 3 is 2.88 bits per heavy atom. The molecule has 1 aliphatic carbocycles. The third kappa shape index (κ3) is 3.14. The molecule has 25 heavy (non-hydrogen) atoms. The fourth-order valence-electron chi connectivity index (χ4n) is 3.85. The Hall–Kier alpha value is -1.98. The molecule has 1 atom stereocenters. The Bertz CT molecular complexity index is 1000. The van der Waals surface area contributed by atoms with Crippen molar-refractivity contribution in [2.75, 3.05) is 7.05 Å². The maximum Gasteiger partial charge on any atom is 0.260 e. The lowest BCUT2D eigenvalue weighted by molar-refractivity contribution is -0.908. The Morgan fingerprint density at radius 2 is 2.08 bits per heavy atom. The lowest BCUT2D eigenvalue weighted by atomic mass is 10.1. The Labute approximate surface area is 151 Å². The van der Waals surface area contributed by atoms with Crippen molar-refractivity contribution >= 4 is 21.6 Å². The first kappa shape index (κ1) is 16.5. The summed E-state index contributed by atoms with van der Waals surface area (Å²) in [6.45, 7) is 5.93. The van der Waals surface area contributed by atoms with Crippen molar-refractivity contribution in [2.45, 2.75) is 46.2 Å². The number of thiophene rings is 1. The molecule has 0 saturated carbocycles. The van der Waals surface area contributed by atoms with Gasteiger partial charge in [-0.05, 0) is 44.2 Å². The van der Waals surface area contributed by atoms with Crippen LogP contribution in [0, 0.1) is 13.8 Å². The summed E-state index contributed by atoms with van der Waals surface area (Å²) in [6.07, 6.45) is 3.29. The van der Waals surface area contributed by atoms with Crippen LogP contribution >= 0.6 is 11.3 Å². The van der Waals surface area contributed by atoms with Crippen molar-refractivity contribution in [1.82, 2.24) is 9.97 Å². The maximum absolute atomic E-state index is 12.6. The number of hydrogen-bond acceptors (Lipinski definition) is 3. The first-order valence-corrected chi connectivity index (χ1v) is 9.74. The van der Waals surface area contributed by atoms with E-state index >= 15 is 0 Å². The zero-order chi connectivity index (χ0) is 17.6. The number of rotatable bonds is 4. The summed E-state index contributed by atoms with van der Waals surface area (Å²) in [6, 6.07) is 6.59. The molecule has 0 radical (unpaired) electrons. The van der Waals surface area contributed by atoms with Gasteiger partial charge in [0.2, 0.25) is 0 Å². The van der Waals surface area contributed by atoms with Crippen LogP contribution in [-0.2, 0) is 25.9 Å². The standard InChI is InChI=1S/C20H23N3OS/c1-12-7-8-14(13(2)9-12)10-23(3)11-17-21-19(24)18-15-5-4-6-16(15)25-20(18)22-17/h7-9H,4-6,10-11H2,1-3H3,(H,21,22,24)/p+1. The predicted molar refractivity (Wildman–Crippen MR) is 102 cm³/mol. The summed E-state index contributed by atoms with van der Waals surface area (Å²) in [5, 5.41) is 0.841. The molecule has 2 N–H and O–H groups in total. The summed E-state index contributed by atoms with van der Waals surface area (Å²) >= 11 is 1.71. The van der Waals surface area contributed by atoms with Crippen LogP contribution in [0.2, 0.25) is 0 Å². The van der Waals surface area contributed by atoms with Crippen LogP contribution in [0.4, 0.5) is 0 Å². The zero-order valence-corrected chi connectivity index (χ0v) is 15.8. The summed E-state index contributed by atoms with van der Waals surface area (Å²) < 4.78 is 0. The van der Waals surface area contributed by atoms with Gasteiger partial charge >= 0.3 is 0 Å². The summed E-state index contributed by atoms with van der Waals surface area (Å²) in [5.74, 6) is 0.791. The first-order valence-electron chi connectivity index (χ1n) is 8.92. The number of benzene rings is 1. The van der Waals surface area contributed by atoms with Gasteiger partial charge in [0.05, 0.1) is 12.4 Å². The normalized spacial score (nSPS) is 14.8. The van der Waals surface area contributed by atoms with E-state index in [9.17, 15) is 4.79 Å². The maximum atomic E-state index is 12.6. The fraction of sp³-hybridized carbons (Fsp3) is 0.400. The molecular formula is C20H24N3OS+. The molecule has 0 saturated heterocycles. The minimum absolute atomic E-state index is 0.0405. The first-order chi connectivity index (χ1) is 12.0. The number of aromatic amines is 1. The predicted octanol–water partition coefficient (Wildman–Crippen LogP) is 2.31. The molecule has 4 rings (SSSR count). The monoisotopic (exact) mass is 354 g/mol. The van der Waals surface area contributed by atoms with Crippen LogP contribution in [0.15, 0.2) is 23.0 Å². The third-order valence-electron chi connectivity index (χ3n) is 5.08. The van der Waals surface area contributed by atoms with Crippen LogP contribution in [0.3, 0.4) is 0 Å². The van der Waals surface area contributed by atoms with Crippen molar-refractivity contribution in [3.05, 3.63) is 61.5 Å². The van der Waals surface area contributed by atoms with Gasteiger partial charge in [0.1, 0.15) is 17.9 Å². The molecule has 0 spiro atoms. The Kier molecular flexibility index (Phi) is 4.21. The Morgan fingerprint density at radius 1 is 1.24 bits per heavy atom. The lowest BCUT2D eigenvalue weighted by Gasteiger charge is -2.15. The molecule has 1 unspecified atom stereocenters. The van der Waals surface area contributed by atoms with E-state index in [0.29, 0.717) is 0 Å². The van der Waals surface area contributed by atoms with Crippen molar-refractivity contribution < 1.29 is 4.90 Å². The highest BCUT2D eigenvalue weighted by Crippen LogP contribution is 2.34. The van der Waals surface area contributed by atoms with E-state index in [-0.39, 0.29) is 5.56 Å². The molecular weight excluding hydrogens is 330 g/mol. The third-order valence-corrected chi connectivity index (χ3v) is 6.27. The van der Waals surface area contributed by atoms with E-state index in [1.54, 1.807) is 11.3 Å². The van der Waals surface area contributed by atoms with Gasteiger partial charge in [-0.3, -0.25) is 4.79 Å². The molecule has 0 bridgehead atoms. The van der Waals surface area contributed by atoms with Gasteiger partial charge in [0.25, 0.3) is 5.56 Å². The van der Waals surface area contributed by atoms with Crippen LogP contribution in [0.1, 0.15) is 39.4 Å². The lowest BCUT2D eigenvalue weighted by Crippen LogP contribution is -3.06. The van der Waals surface area contributed by atoms with Gasteiger partial charge in [-0.2, -0.15) is 0 Å². The highest BCUT2D eigenvalue weighted by Gasteiger charge is 2.21. The molecule has 130 valence electrons. The number of aryl methyl sites for hydroxylation is 4. The van der Waals surface area contributed by atoms with Crippen LogP contribution < -0.4 is 10.5 Å². The van der Waals surface area contributed by atoms with Crippen molar-refractivity contribution in [3.8, 4) is 0 Å². The summed E-state index contributed by atoms with van der Waals surface area (Å²) in [7, 11) is 2.15. The SMILES string of the molecule is Cc1ccc(C[NH+](C)Cc2nc3sc4c(c3c(=O)[nH]2)CCC4)c(C)c1. The number of quaternary nitrogens is 1. The van der Waals surface area contributed by atoms with Gasteiger partial charge in [0, 0.05) is 10.4 Å². The average molecular weight is 354 g/mol. The second kappa shape index (κ2) is 6.39.